The normalized spacial score (nSPS) is 10.4. The van der Waals surface area contributed by atoms with Gasteiger partial charge in [-0.25, -0.2) is 14.4 Å². The van der Waals surface area contributed by atoms with Gasteiger partial charge in [0, 0.05) is 18.4 Å². The van der Waals surface area contributed by atoms with E-state index in [4.69, 9.17) is 4.74 Å². The largest absolute Gasteiger partial charge is 0.489 e. The third kappa shape index (κ3) is 3.66. The minimum absolute atomic E-state index is 0.266. The molecule has 0 aliphatic heterocycles. The van der Waals surface area contributed by atoms with Gasteiger partial charge in [-0.1, -0.05) is 12.1 Å². The van der Waals surface area contributed by atoms with Crippen LogP contribution in [0.2, 0.25) is 0 Å². The summed E-state index contributed by atoms with van der Waals surface area (Å²) in [5.41, 5.74) is 1.85. The van der Waals surface area contributed by atoms with E-state index in [1.165, 1.54) is 6.07 Å². The van der Waals surface area contributed by atoms with Crippen molar-refractivity contribution < 1.29 is 9.13 Å². The number of aryl methyl sites for hydroxylation is 2. The fourth-order valence-electron chi connectivity index (χ4n) is 1.83. The second-order valence-electron chi connectivity index (χ2n) is 4.65. The molecule has 2 rings (SSSR count). The number of ether oxygens (including phenoxy) is 1. The van der Waals surface area contributed by atoms with Crippen LogP contribution in [0.4, 0.5) is 10.3 Å². The van der Waals surface area contributed by atoms with Crippen molar-refractivity contribution in [3.63, 3.8) is 0 Å². The monoisotopic (exact) mass is 275 g/mol. The summed E-state index contributed by atoms with van der Waals surface area (Å²) in [4.78, 5) is 10.6. The summed E-state index contributed by atoms with van der Waals surface area (Å²) in [5, 5.41) is 0. The SMILES string of the molecule is Cc1cc(C)nc(N(C)CCOc2ccccc2F)n1. The fraction of sp³-hybridized carbons (Fsp3) is 0.333. The first-order valence-corrected chi connectivity index (χ1v) is 6.47. The van der Waals surface area contributed by atoms with Gasteiger partial charge in [-0.05, 0) is 32.0 Å². The molecule has 0 unspecified atom stereocenters. The summed E-state index contributed by atoms with van der Waals surface area (Å²) in [6.07, 6.45) is 0. The Bertz CT molecular complexity index is 569. The maximum absolute atomic E-state index is 13.4. The van der Waals surface area contributed by atoms with Crippen molar-refractivity contribution >= 4 is 5.95 Å². The van der Waals surface area contributed by atoms with Gasteiger partial charge >= 0.3 is 0 Å². The van der Waals surface area contributed by atoms with E-state index >= 15 is 0 Å². The highest BCUT2D eigenvalue weighted by molar-refractivity contribution is 5.31. The predicted molar refractivity (Wildman–Crippen MR) is 76.7 cm³/mol. The average molecular weight is 275 g/mol. The van der Waals surface area contributed by atoms with Crippen LogP contribution in [0.25, 0.3) is 0 Å². The number of nitrogens with zero attached hydrogens (tertiary/aromatic N) is 3. The number of hydrogen-bond donors (Lipinski definition) is 0. The lowest BCUT2D eigenvalue weighted by Gasteiger charge is -2.18. The molecule has 0 fully saturated rings. The van der Waals surface area contributed by atoms with Gasteiger partial charge in [0.2, 0.25) is 5.95 Å². The van der Waals surface area contributed by atoms with Crippen LogP contribution in [0.5, 0.6) is 5.75 Å². The first-order valence-electron chi connectivity index (χ1n) is 6.47. The van der Waals surface area contributed by atoms with Crippen molar-refractivity contribution in [1.82, 2.24) is 9.97 Å². The number of anilines is 1. The quantitative estimate of drug-likeness (QED) is 0.841. The van der Waals surface area contributed by atoms with Crippen LogP contribution in [0.3, 0.4) is 0 Å². The predicted octanol–water partition coefficient (Wildman–Crippen LogP) is 2.75. The first-order chi connectivity index (χ1) is 9.56. The van der Waals surface area contributed by atoms with Crippen LogP contribution in [0, 0.1) is 19.7 Å². The van der Waals surface area contributed by atoms with E-state index < -0.39 is 0 Å². The molecule has 0 aliphatic rings. The van der Waals surface area contributed by atoms with Gasteiger partial charge in [0.05, 0.1) is 6.54 Å². The van der Waals surface area contributed by atoms with E-state index in [1.807, 2.05) is 31.9 Å². The van der Waals surface area contributed by atoms with E-state index in [9.17, 15) is 4.39 Å². The van der Waals surface area contributed by atoms with E-state index in [1.54, 1.807) is 18.2 Å². The molecular weight excluding hydrogens is 257 g/mol. The highest BCUT2D eigenvalue weighted by atomic mass is 19.1. The van der Waals surface area contributed by atoms with Gasteiger partial charge in [-0.15, -0.1) is 0 Å². The zero-order valence-electron chi connectivity index (χ0n) is 11.9. The molecule has 2 aromatic rings. The lowest BCUT2D eigenvalue weighted by Crippen LogP contribution is -2.26. The van der Waals surface area contributed by atoms with Crippen LogP contribution in [-0.2, 0) is 0 Å². The maximum atomic E-state index is 13.4. The molecule has 1 heterocycles. The van der Waals surface area contributed by atoms with Crippen molar-refractivity contribution in [2.24, 2.45) is 0 Å². The molecule has 0 atom stereocenters. The minimum Gasteiger partial charge on any atom is -0.489 e. The summed E-state index contributed by atoms with van der Waals surface area (Å²) in [7, 11) is 1.89. The summed E-state index contributed by atoms with van der Waals surface area (Å²) >= 11 is 0. The van der Waals surface area contributed by atoms with Gasteiger partial charge in [-0.2, -0.15) is 0 Å². The molecule has 0 bridgehead atoms. The van der Waals surface area contributed by atoms with Crippen molar-refractivity contribution in [3.8, 4) is 5.75 Å². The highest BCUT2D eigenvalue weighted by Gasteiger charge is 2.07. The third-order valence-corrected chi connectivity index (χ3v) is 2.83. The number of likely N-dealkylation sites (N-methyl/N-ethyl adjacent to an activating group) is 1. The molecule has 20 heavy (non-hydrogen) atoms. The van der Waals surface area contributed by atoms with Gasteiger partial charge in [0.1, 0.15) is 6.61 Å². The maximum Gasteiger partial charge on any atom is 0.225 e. The van der Waals surface area contributed by atoms with E-state index in [0.29, 0.717) is 19.1 Å². The second-order valence-corrected chi connectivity index (χ2v) is 4.65. The topological polar surface area (TPSA) is 38.2 Å². The smallest absolute Gasteiger partial charge is 0.225 e. The van der Waals surface area contributed by atoms with Crippen molar-refractivity contribution in [1.29, 1.82) is 0 Å². The van der Waals surface area contributed by atoms with E-state index in [-0.39, 0.29) is 11.6 Å². The number of para-hydroxylation sites is 1. The lowest BCUT2D eigenvalue weighted by atomic mass is 10.3. The molecule has 0 saturated heterocycles. The van der Waals surface area contributed by atoms with Gasteiger partial charge < -0.3 is 9.64 Å². The fourth-order valence-corrected chi connectivity index (χ4v) is 1.83. The molecular formula is C15H18FN3O. The Kier molecular flexibility index (Phi) is 4.50. The first kappa shape index (κ1) is 14.2. The average Bonchev–Trinajstić information content (AvgIpc) is 2.39. The molecule has 0 spiro atoms. The Morgan fingerprint density at radius 2 is 1.80 bits per heavy atom. The second kappa shape index (κ2) is 6.32. The summed E-state index contributed by atoms with van der Waals surface area (Å²) in [6.45, 7) is 4.81. The summed E-state index contributed by atoms with van der Waals surface area (Å²) in [5.74, 6) is 0.569. The van der Waals surface area contributed by atoms with Crippen molar-refractivity contribution in [2.45, 2.75) is 13.8 Å². The Morgan fingerprint density at radius 3 is 2.45 bits per heavy atom. The molecule has 0 N–H and O–H groups in total. The molecule has 106 valence electrons. The zero-order valence-corrected chi connectivity index (χ0v) is 11.9. The standard InChI is InChI=1S/C15H18FN3O/c1-11-10-12(2)18-15(17-11)19(3)8-9-20-14-7-5-4-6-13(14)16/h4-7,10H,8-9H2,1-3H3. The molecule has 0 saturated carbocycles. The highest BCUT2D eigenvalue weighted by Crippen LogP contribution is 2.15. The molecule has 0 radical (unpaired) electrons. The van der Waals surface area contributed by atoms with Gasteiger partial charge in [0.15, 0.2) is 11.6 Å². The van der Waals surface area contributed by atoms with Gasteiger partial charge in [-0.3, -0.25) is 0 Å². The molecule has 5 heteroatoms. The van der Waals surface area contributed by atoms with E-state index in [0.717, 1.165) is 11.4 Å². The minimum atomic E-state index is -0.349. The molecule has 4 nitrogen and oxygen atoms in total. The van der Waals surface area contributed by atoms with Crippen LogP contribution in [-0.4, -0.2) is 30.2 Å². The molecule has 1 aromatic heterocycles. The van der Waals surface area contributed by atoms with Crippen LogP contribution >= 0.6 is 0 Å². The van der Waals surface area contributed by atoms with E-state index in [2.05, 4.69) is 9.97 Å². The summed E-state index contributed by atoms with van der Waals surface area (Å²) < 4.78 is 18.8. The lowest BCUT2D eigenvalue weighted by molar-refractivity contribution is 0.308. The molecule has 1 aromatic carbocycles. The number of halogens is 1. The van der Waals surface area contributed by atoms with Gasteiger partial charge in [0.25, 0.3) is 0 Å². The Hall–Kier alpha value is -2.17. The zero-order chi connectivity index (χ0) is 14.5. The van der Waals surface area contributed by atoms with Crippen molar-refractivity contribution in [2.75, 3.05) is 25.1 Å². The van der Waals surface area contributed by atoms with Crippen LogP contribution < -0.4 is 9.64 Å². The number of benzene rings is 1. The Labute approximate surface area is 118 Å². The van der Waals surface area contributed by atoms with Crippen LogP contribution in [0.1, 0.15) is 11.4 Å². The third-order valence-electron chi connectivity index (χ3n) is 2.83. The summed E-state index contributed by atoms with van der Waals surface area (Å²) in [6, 6.07) is 8.30. The Morgan fingerprint density at radius 1 is 1.15 bits per heavy atom. The molecule has 0 aliphatic carbocycles. The number of aromatic nitrogens is 2. The van der Waals surface area contributed by atoms with Crippen LogP contribution in [0.15, 0.2) is 30.3 Å². The number of hydrogen-bond acceptors (Lipinski definition) is 4. The Balaban J connectivity index is 1.92. The van der Waals surface area contributed by atoms with Crippen molar-refractivity contribution in [3.05, 3.63) is 47.5 Å². The number of rotatable bonds is 5. The molecule has 0 amide bonds.